The lowest BCUT2D eigenvalue weighted by Crippen LogP contribution is -2.51. The van der Waals surface area contributed by atoms with E-state index in [1.807, 2.05) is 13.8 Å². The lowest BCUT2D eigenvalue weighted by Gasteiger charge is -2.27. The Hall–Kier alpha value is -0.700. The first-order valence-corrected chi connectivity index (χ1v) is 8.84. The summed E-state index contributed by atoms with van der Waals surface area (Å²) in [5.41, 5.74) is 0. The van der Waals surface area contributed by atoms with E-state index in [0.29, 0.717) is 25.8 Å². The molecule has 0 radical (unpaired) electrons. The Balaban J connectivity index is 2.82. The zero-order chi connectivity index (χ0) is 16.0. The van der Waals surface area contributed by atoms with Crippen molar-refractivity contribution in [2.45, 2.75) is 52.1 Å². The van der Waals surface area contributed by atoms with Crippen LogP contribution < -0.4 is 4.72 Å². The van der Waals surface area contributed by atoms with Gasteiger partial charge in [0.25, 0.3) is 10.2 Å². The van der Waals surface area contributed by atoms with E-state index >= 15 is 0 Å². The minimum absolute atomic E-state index is 0.0515. The maximum Gasteiger partial charge on any atom is 0.324 e. The summed E-state index contributed by atoms with van der Waals surface area (Å²) in [4.78, 5) is 11.9. The first kappa shape index (κ1) is 18.3. The molecule has 1 saturated heterocycles. The van der Waals surface area contributed by atoms with Crippen molar-refractivity contribution in [3.63, 3.8) is 0 Å². The lowest BCUT2D eigenvalue weighted by molar-refractivity contribution is -0.146. The van der Waals surface area contributed by atoms with Gasteiger partial charge in [0.1, 0.15) is 6.04 Å². The normalized spacial score (nSPS) is 21.7. The molecule has 7 nitrogen and oxygen atoms in total. The van der Waals surface area contributed by atoms with Crippen LogP contribution in [0.1, 0.15) is 40.0 Å². The second kappa shape index (κ2) is 8.07. The number of nitrogens with one attached hydrogen (secondary N) is 1. The predicted octanol–water partition coefficient (Wildman–Crippen LogP) is 0.255. The van der Waals surface area contributed by atoms with Gasteiger partial charge in [0.05, 0.1) is 6.61 Å². The van der Waals surface area contributed by atoms with E-state index in [4.69, 9.17) is 9.84 Å². The molecule has 1 rings (SSSR count). The summed E-state index contributed by atoms with van der Waals surface area (Å²) in [5, 5.41) is 9.04. The smallest absolute Gasteiger partial charge is 0.324 e. The van der Waals surface area contributed by atoms with Gasteiger partial charge in [-0.15, -0.1) is 0 Å². The molecule has 1 aliphatic heterocycles. The topological polar surface area (TPSA) is 95.9 Å². The highest BCUT2D eigenvalue weighted by Crippen LogP contribution is 2.22. The van der Waals surface area contributed by atoms with Gasteiger partial charge in [-0.1, -0.05) is 13.8 Å². The molecule has 21 heavy (non-hydrogen) atoms. The minimum atomic E-state index is -3.77. The fourth-order valence-corrected chi connectivity index (χ4v) is 4.23. The molecule has 1 aliphatic rings. The average Bonchev–Trinajstić information content (AvgIpc) is 2.88. The van der Waals surface area contributed by atoms with Crippen LogP contribution in [-0.4, -0.2) is 55.6 Å². The van der Waals surface area contributed by atoms with Crippen LogP contribution in [0.4, 0.5) is 0 Å². The number of carbonyl (C=O) groups excluding carboxylic acids is 1. The number of hydrogen-bond donors (Lipinski definition) is 2. The molecule has 0 spiro atoms. The Morgan fingerprint density at radius 3 is 2.67 bits per heavy atom. The number of hydrogen-bond acceptors (Lipinski definition) is 5. The van der Waals surface area contributed by atoms with Crippen LogP contribution in [0.15, 0.2) is 0 Å². The Kier molecular flexibility index (Phi) is 7.05. The number of esters is 1. The summed E-state index contributed by atoms with van der Waals surface area (Å²) < 4.78 is 33.6. The highest BCUT2D eigenvalue weighted by atomic mass is 32.2. The molecular weight excluding hydrogens is 296 g/mol. The third kappa shape index (κ3) is 4.91. The van der Waals surface area contributed by atoms with Crippen LogP contribution in [0.2, 0.25) is 0 Å². The summed E-state index contributed by atoms with van der Waals surface area (Å²) >= 11 is 0. The fraction of sp³-hybridized carbons (Fsp3) is 0.923. The molecule has 2 unspecified atom stereocenters. The quantitative estimate of drug-likeness (QED) is 0.625. The average molecular weight is 322 g/mol. The standard InChI is InChI=1S/C13H26N2O5S/c1-4-20-13(17)12-6-5-8-15(12)21(18,19)14-11(7-9-16)10(2)3/h10-12,14,16H,4-9H2,1-3H3. The van der Waals surface area contributed by atoms with Crippen LogP contribution in [-0.2, 0) is 19.7 Å². The molecule has 0 saturated carbocycles. The molecule has 0 aromatic rings. The van der Waals surface area contributed by atoms with E-state index in [0.717, 1.165) is 0 Å². The summed E-state index contributed by atoms with van der Waals surface area (Å²) in [6.07, 6.45) is 1.46. The minimum Gasteiger partial charge on any atom is -0.465 e. The first-order valence-electron chi connectivity index (χ1n) is 7.40. The van der Waals surface area contributed by atoms with Crippen molar-refractivity contribution < 1.29 is 23.1 Å². The number of aliphatic hydroxyl groups is 1. The molecule has 0 aliphatic carbocycles. The van der Waals surface area contributed by atoms with E-state index in [-0.39, 0.29) is 25.2 Å². The summed E-state index contributed by atoms with van der Waals surface area (Å²) in [6, 6.07) is -1.10. The van der Waals surface area contributed by atoms with Crippen LogP contribution in [0.5, 0.6) is 0 Å². The molecule has 0 aromatic carbocycles. The van der Waals surface area contributed by atoms with Gasteiger partial charge < -0.3 is 9.84 Å². The Bertz CT molecular complexity index is 438. The Morgan fingerprint density at radius 1 is 1.48 bits per heavy atom. The molecule has 0 aromatic heterocycles. The number of nitrogens with zero attached hydrogens (tertiary/aromatic N) is 1. The molecule has 0 bridgehead atoms. The van der Waals surface area contributed by atoms with Gasteiger partial charge in [0.15, 0.2) is 0 Å². The fourth-order valence-electron chi connectivity index (χ4n) is 2.43. The van der Waals surface area contributed by atoms with E-state index < -0.39 is 22.2 Å². The number of ether oxygens (including phenoxy) is 1. The Morgan fingerprint density at radius 2 is 2.14 bits per heavy atom. The number of aliphatic hydroxyl groups excluding tert-OH is 1. The second-order valence-electron chi connectivity index (χ2n) is 5.51. The van der Waals surface area contributed by atoms with Gasteiger partial charge in [-0.05, 0) is 32.1 Å². The van der Waals surface area contributed by atoms with Gasteiger partial charge in [-0.25, -0.2) is 0 Å². The molecule has 8 heteroatoms. The van der Waals surface area contributed by atoms with Crippen LogP contribution in [0.25, 0.3) is 0 Å². The van der Waals surface area contributed by atoms with Gasteiger partial charge >= 0.3 is 5.97 Å². The maximum atomic E-state index is 12.5. The molecular formula is C13H26N2O5S. The van der Waals surface area contributed by atoms with Gasteiger partial charge in [0.2, 0.25) is 0 Å². The zero-order valence-electron chi connectivity index (χ0n) is 12.9. The molecule has 2 N–H and O–H groups in total. The van der Waals surface area contributed by atoms with E-state index in [9.17, 15) is 13.2 Å². The van der Waals surface area contributed by atoms with Gasteiger partial charge in [-0.3, -0.25) is 4.79 Å². The van der Waals surface area contributed by atoms with Gasteiger partial charge in [0, 0.05) is 19.2 Å². The monoisotopic (exact) mass is 322 g/mol. The van der Waals surface area contributed by atoms with Crippen molar-refractivity contribution in [3.05, 3.63) is 0 Å². The van der Waals surface area contributed by atoms with Crippen LogP contribution in [0, 0.1) is 5.92 Å². The highest BCUT2D eigenvalue weighted by Gasteiger charge is 2.40. The number of carbonyl (C=O) groups is 1. The lowest BCUT2D eigenvalue weighted by atomic mass is 10.0. The summed E-state index contributed by atoms with van der Waals surface area (Å²) in [7, 11) is -3.77. The molecule has 2 atom stereocenters. The van der Waals surface area contributed by atoms with Crippen molar-refractivity contribution in [1.82, 2.24) is 9.03 Å². The van der Waals surface area contributed by atoms with Crippen molar-refractivity contribution in [2.75, 3.05) is 19.8 Å². The summed E-state index contributed by atoms with van der Waals surface area (Å²) in [6.45, 7) is 5.91. The largest absolute Gasteiger partial charge is 0.465 e. The van der Waals surface area contributed by atoms with Crippen LogP contribution >= 0.6 is 0 Å². The molecule has 1 fully saturated rings. The van der Waals surface area contributed by atoms with E-state index in [1.165, 1.54) is 4.31 Å². The predicted molar refractivity (Wildman–Crippen MR) is 78.7 cm³/mol. The molecule has 124 valence electrons. The summed E-state index contributed by atoms with van der Waals surface area (Å²) in [5.74, 6) is -0.445. The zero-order valence-corrected chi connectivity index (χ0v) is 13.7. The maximum absolute atomic E-state index is 12.5. The number of rotatable bonds is 8. The van der Waals surface area contributed by atoms with E-state index in [1.54, 1.807) is 6.92 Å². The van der Waals surface area contributed by atoms with E-state index in [2.05, 4.69) is 4.72 Å². The first-order chi connectivity index (χ1) is 9.83. The Labute approximate surface area is 126 Å². The molecule has 0 amide bonds. The second-order valence-corrected chi connectivity index (χ2v) is 7.16. The third-order valence-corrected chi connectivity index (χ3v) is 5.27. The SMILES string of the molecule is CCOC(=O)C1CCCN1S(=O)(=O)NC(CCO)C(C)C. The van der Waals surface area contributed by atoms with Crippen molar-refractivity contribution in [3.8, 4) is 0 Å². The van der Waals surface area contributed by atoms with Crippen molar-refractivity contribution in [2.24, 2.45) is 5.92 Å². The highest BCUT2D eigenvalue weighted by molar-refractivity contribution is 7.87. The third-order valence-electron chi connectivity index (χ3n) is 3.62. The van der Waals surface area contributed by atoms with Crippen molar-refractivity contribution in [1.29, 1.82) is 0 Å². The van der Waals surface area contributed by atoms with Crippen LogP contribution in [0.3, 0.4) is 0 Å². The molecule has 1 heterocycles. The van der Waals surface area contributed by atoms with Gasteiger partial charge in [-0.2, -0.15) is 17.4 Å². The van der Waals surface area contributed by atoms with Crippen molar-refractivity contribution >= 4 is 16.2 Å².